The van der Waals surface area contributed by atoms with E-state index in [1.54, 1.807) is 37.3 Å². The summed E-state index contributed by atoms with van der Waals surface area (Å²) in [5.41, 5.74) is 0.202. The molecule has 4 aromatic rings. The van der Waals surface area contributed by atoms with E-state index < -0.39 is 16.3 Å². The molecule has 1 N–H and O–H groups in total. The fourth-order valence-corrected chi connectivity index (χ4v) is 3.31. The third kappa shape index (κ3) is 4.99. The molecule has 4 rings (SSSR count). The number of benzene rings is 3. The Labute approximate surface area is 194 Å². The molecular formula is C25H20N4O5. The number of carbonyl (C=O) groups excluding carboxylic acids is 1. The van der Waals surface area contributed by atoms with Crippen molar-refractivity contribution in [2.75, 3.05) is 0 Å². The summed E-state index contributed by atoms with van der Waals surface area (Å²) in [4.78, 5) is 36.0. The van der Waals surface area contributed by atoms with E-state index in [9.17, 15) is 19.7 Å². The molecule has 1 heterocycles. The number of nitro groups is 1. The lowest BCUT2D eigenvalue weighted by molar-refractivity contribution is -0.384. The van der Waals surface area contributed by atoms with E-state index >= 15 is 0 Å². The van der Waals surface area contributed by atoms with E-state index in [2.05, 4.69) is 10.4 Å². The molecule has 170 valence electrons. The maximum Gasteiger partial charge on any atom is 0.294 e. The maximum absolute atomic E-state index is 12.7. The third-order valence-electron chi connectivity index (χ3n) is 4.98. The lowest BCUT2D eigenvalue weighted by Gasteiger charge is -2.12. The van der Waals surface area contributed by atoms with E-state index in [1.807, 2.05) is 30.3 Å². The van der Waals surface area contributed by atoms with Gasteiger partial charge < -0.3 is 10.1 Å². The minimum absolute atomic E-state index is 0.158. The van der Waals surface area contributed by atoms with Gasteiger partial charge in [0.25, 0.3) is 11.6 Å². The zero-order valence-corrected chi connectivity index (χ0v) is 18.2. The standard InChI is InChI=1S/C25H20N4O5/c1-17-15-23(30)24(27-28(17)21-9-5-6-10-22(21)29(32)33)25(31)26-16-18-11-13-20(14-12-18)34-19-7-3-2-4-8-19/h2-15H,16H2,1H3,(H,26,31). The summed E-state index contributed by atoms with van der Waals surface area (Å²) in [6.45, 7) is 1.75. The van der Waals surface area contributed by atoms with Gasteiger partial charge in [-0.15, -0.1) is 0 Å². The van der Waals surface area contributed by atoms with Crippen molar-refractivity contribution in [1.82, 2.24) is 15.1 Å². The highest BCUT2D eigenvalue weighted by molar-refractivity contribution is 5.92. The summed E-state index contributed by atoms with van der Waals surface area (Å²) >= 11 is 0. The molecule has 0 aliphatic carbocycles. The average Bonchev–Trinajstić information content (AvgIpc) is 2.84. The summed E-state index contributed by atoms with van der Waals surface area (Å²) in [7, 11) is 0. The normalized spacial score (nSPS) is 10.5. The van der Waals surface area contributed by atoms with Gasteiger partial charge in [-0.2, -0.15) is 5.10 Å². The van der Waals surface area contributed by atoms with Gasteiger partial charge in [0, 0.05) is 24.4 Å². The SMILES string of the molecule is Cc1cc(=O)c(C(=O)NCc2ccc(Oc3ccccc3)cc2)nn1-c1ccccc1[N+](=O)[O-]. The number of ether oxygens (including phenoxy) is 1. The number of aryl methyl sites for hydroxylation is 1. The number of hydrogen-bond donors (Lipinski definition) is 1. The van der Waals surface area contributed by atoms with Crippen molar-refractivity contribution in [3.8, 4) is 17.2 Å². The Morgan fingerprint density at radius 1 is 1.00 bits per heavy atom. The average molecular weight is 456 g/mol. The number of amides is 1. The van der Waals surface area contributed by atoms with Gasteiger partial charge in [0.1, 0.15) is 17.2 Å². The molecule has 0 unspecified atom stereocenters. The van der Waals surface area contributed by atoms with Crippen molar-refractivity contribution >= 4 is 11.6 Å². The Balaban J connectivity index is 1.50. The molecule has 0 bridgehead atoms. The minimum atomic E-state index is -0.679. The number of hydrogen-bond acceptors (Lipinski definition) is 6. The van der Waals surface area contributed by atoms with Gasteiger partial charge in [0.2, 0.25) is 5.43 Å². The number of nitrogens with one attached hydrogen (secondary N) is 1. The summed E-state index contributed by atoms with van der Waals surface area (Å²) in [6, 6.07) is 23.7. The first-order valence-corrected chi connectivity index (χ1v) is 10.4. The molecule has 0 spiro atoms. The number of carbonyl (C=O) groups is 1. The van der Waals surface area contributed by atoms with Crippen molar-refractivity contribution in [3.63, 3.8) is 0 Å². The van der Waals surface area contributed by atoms with Gasteiger partial charge in [-0.25, -0.2) is 4.68 Å². The van der Waals surface area contributed by atoms with Gasteiger partial charge in [-0.1, -0.05) is 42.5 Å². The van der Waals surface area contributed by atoms with Crippen LogP contribution in [0, 0.1) is 17.0 Å². The summed E-state index contributed by atoms with van der Waals surface area (Å²) < 4.78 is 6.97. The third-order valence-corrected chi connectivity index (χ3v) is 4.98. The second-order valence-corrected chi connectivity index (χ2v) is 7.40. The van der Waals surface area contributed by atoms with Crippen LogP contribution in [0.1, 0.15) is 21.7 Å². The molecule has 0 aliphatic heterocycles. The van der Waals surface area contributed by atoms with Gasteiger partial charge in [0.05, 0.1) is 4.92 Å². The van der Waals surface area contributed by atoms with E-state index in [-0.39, 0.29) is 23.6 Å². The first-order valence-electron chi connectivity index (χ1n) is 10.4. The van der Waals surface area contributed by atoms with Crippen LogP contribution in [0.15, 0.2) is 89.7 Å². The summed E-state index contributed by atoms with van der Waals surface area (Å²) in [6.07, 6.45) is 0. The number of para-hydroxylation sites is 3. The van der Waals surface area contributed by atoms with Crippen LogP contribution < -0.4 is 15.5 Å². The second-order valence-electron chi connectivity index (χ2n) is 7.40. The maximum atomic E-state index is 12.7. The topological polar surface area (TPSA) is 116 Å². The first kappa shape index (κ1) is 22.4. The zero-order valence-electron chi connectivity index (χ0n) is 18.2. The fourth-order valence-electron chi connectivity index (χ4n) is 3.31. The van der Waals surface area contributed by atoms with Gasteiger partial charge >= 0.3 is 0 Å². The molecule has 0 fully saturated rings. The van der Waals surface area contributed by atoms with Crippen molar-refractivity contribution in [2.45, 2.75) is 13.5 Å². The van der Waals surface area contributed by atoms with Crippen LogP contribution in [-0.2, 0) is 6.54 Å². The Morgan fingerprint density at radius 3 is 2.35 bits per heavy atom. The van der Waals surface area contributed by atoms with Crippen LogP contribution in [0.3, 0.4) is 0 Å². The highest BCUT2D eigenvalue weighted by Crippen LogP contribution is 2.23. The number of nitrogens with zero attached hydrogens (tertiary/aromatic N) is 3. The minimum Gasteiger partial charge on any atom is -0.457 e. The predicted octanol–water partition coefficient (Wildman–Crippen LogP) is 4.17. The molecule has 9 nitrogen and oxygen atoms in total. The van der Waals surface area contributed by atoms with E-state index in [0.717, 1.165) is 5.56 Å². The second kappa shape index (κ2) is 9.78. The first-order chi connectivity index (χ1) is 16.4. The smallest absolute Gasteiger partial charge is 0.294 e. The molecule has 0 aliphatic rings. The summed E-state index contributed by atoms with van der Waals surface area (Å²) in [5, 5.41) is 18.2. The molecule has 1 aromatic heterocycles. The molecule has 0 saturated carbocycles. The van der Waals surface area contributed by atoms with Gasteiger partial charge in [-0.05, 0) is 42.8 Å². The van der Waals surface area contributed by atoms with Crippen LogP contribution in [0.2, 0.25) is 0 Å². The highest BCUT2D eigenvalue weighted by atomic mass is 16.6. The van der Waals surface area contributed by atoms with E-state index in [1.165, 1.54) is 28.9 Å². The predicted molar refractivity (Wildman–Crippen MR) is 125 cm³/mol. The van der Waals surface area contributed by atoms with E-state index in [0.29, 0.717) is 17.2 Å². The largest absolute Gasteiger partial charge is 0.457 e. The van der Waals surface area contributed by atoms with Crippen molar-refractivity contribution < 1.29 is 14.5 Å². The fraction of sp³-hybridized carbons (Fsp3) is 0.0800. The number of aromatic nitrogens is 2. The molecule has 34 heavy (non-hydrogen) atoms. The van der Waals surface area contributed by atoms with E-state index in [4.69, 9.17) is 4.74 Å². The van der Waals surface area contributed by atoms with Crippen molar-refractivity contribution in [3.05, 3.63) is 122 Å². The number of rotatable bonds is 7. The molecule has 1 amide bonds. The molecule has 3 aromatic carbocycles. The van der Waals surface area contributed by atoms with Crippen LogP contribution in [0.25, 0.3) is 5.69 Å². The van der Waals surface area contributed by atoms with Crippen LogP contribution in [-0.4, -0.2) is 20.6 Å². The molecular weight excluding hydrogens is 436 g/mol. The Kier molecular flexibility index (Phi) is 6.45. The van der Waals surface area contributed by atoms with Crippen molar-refractivity contribution in [2.24, 2.45) is 0 Å². The van der Waals surface area contributed by atoms with Crippen LogP contribution >= 0.6 is 0 Å². The zero-order chi connectivity index (χ0) is 24.1. The highest BCUT2D eigenvalue weighted by Gasteiger charge is 2.20. The lowest BCUT2D eigenvalue weighted by atomic mass is 10.2. The molecule has 0 radical (unpaired) electrons. The van der Waals surface area contributed by atoms with Crippen LogP contribution in [0.5, 0.6) is 11.5 Å². The molecule has 0 saturated heterocycles. The van der Waals surface area contributed by atoms with Crippen LogP contribution in [0.4, 0.5) is 5.69 Å². The monoisotopic (exact) mass is 456 g/mol. The number of nitro benzene ring substituents is 1. The Bertz CT molecular complexity index is 1400. The Morgan fingerprint density at radius 2 is 1.65 bits per heavy atom. The van der Waals surface area contributed by atoms with Gasteiger partial charge in [0.15, 0.2) is 5.69 Å². The summed E-state index contributed by atoms with van der Waals surface area (Å²) in [5.74, 6) is 0.680. The van der Waals surface area contributed by atoms with Gasteiger partial charge in [-0.3, -0.25) is 19.7 Å². The van der Waals surface area contributed by atoms with Crippen molar-refractivity contribution in [1.29, 1.82) is 0 Å². The quantitative estimate of drug-likeness (QED) is 0.330. The molecule has 0 atom stereocenters. The molecule has 9 heteroatoms. The Hall–Kier alpha value is -4.79. The lowest BCUT2D eigenvalue weighted by Crippen LogP contribution is -2.31.